The predicted molar refractivity (Wildman–Crippen MR) is 148 cm³/mol. The number of anilines is 2. The Labute approximate surface area is 224 Å². The summed E-state index contributed by atoms with van der Waals surface area (Å²) in [5.41, 5.74) is 1.79. The van der Waals surface area contributed by atoms with Crippen LogP contribution in [0.1, 0.15) is 19.5 Å². The number of nitrogens with zero attached hydrogens (tertiary/aromatic N) is 4. The van der Waals surface area contributed by atoms with Gasteiger partial charge < -0.3 is 9.80 Å². The molecule has 1 aliphatic heterocycles. The summed E-state index contributed by atoms with van der Waals surface area (Å²) in [6.07, 6.45) is 4.29. The van der Waals surface area contributed by atoms with E-state index in [9.17, 15) is 18.8 Å². The zero-order valence-corrected chi connectivity index (χ0v) is 21.4. The molecule has 1 aliphatic rings. The highest BCUT2D eigenvalue weighted by atomic mass is 19.1. The van der Waals surface area contributed by atoms with E-state index in [1.165, 1.54) is 46.5 Å². The topological polar surface area (TPSA) is 89.6 Å². The lowest BCUT2D eigenvalue weighted by Gasteiger charge is -2.29. The summed E-state index contributed by atoms with van der Waals surface area (Å²) in [5.74, 6) is -1.99. The van der Waals surface area contributed by atoms with E-state index >= 15 is 0 Å². The fraction of sp³-hybridized carbons (Fsp3) is 0.133. The van der Waals surface area contributed by atoms with Crippen LogP contribution in [0.2, 0.25) is 0 Å². The number of hydrogen-bond acceptors (Lipinski definition) is 4. The maximum Gasteiger partial charge on any atom is 0.268 e. The Kier molecular flexibility index (Phi) is 7.05. The highest BCUT2D eigenvalue weighted by molar-refractivity contribution is 6.28. The molecular formula is C30H26FN5O3. The molecule has 8 nitrogen and oxygen atoms in total. The first-order chi connectivity index (χ1) is 18.8. The Hall–Kier alpha value is -5.05. The molecule has 5 rings (SSSR count). The van der Waals surface area contributed by atoms with Crippen molar-refractivity contribution >= 4 is 46.1 Å². The van der Waals surface area contributed by atoms with Gasteiger partial charge in [0, 0.05) is 35.2 Å². The number of rotatable bonds is 6. The standard InChI is InChI=1S/C30H26FN5O3/c1-20(2)36(23-11-7-4-8-12-23)28(37)19-34-15-16-35(22-9-5-3-6-10-22)30(39)25(29(34)38)18-27-24-14-13-21(31)17-26(24)32-33-27/h3-18,20H,19H2,1-2H3,(H,32,33). The molecule has 0 saturated heterocycles. The number of amides is 3. The van der Waals surface area contributed by atoms with Gasteiger partial charge in [-0.15, -0.1) is 0 Å². The van der Waals surface area contributed by atoms with Crippen molar-refractivity contribution in [2.24, 2.45) is 0 Å². The lowest BCUT2D eigenvalue weighted by atomic mass is 10.1. The number of hydrogen-bond donors (Lipinski definition) is 1. The van der Waals surface area contributed by atoms with Crippen LogP contribution in [0.5, 0.6) is 0 Å². The Bertz CT molecular complexity index is 1590. The quantitative estimate of drug-likeness (QED) is 0.288. The summed E-state index contributed by atoms with van der Waals surface area (Å²) < 4.78 is 13.7. The van der Waals surface area contributed by atoms with Crippen molar-refractivity contribution in [1.82, 2.24) is 15.1 Å². The average molecular weight is 524 g/mol. The van der Waals surface area contributed by atoms with Gasteiger partial charge in [-0.25, -0.2) is 4.39 Å². The van der Waals surface area contributed by atoms with Gasteiger partial charge in [-0.05, 0) is 62.4 Å². The zero-order valence-electron chi connectivity index (χ0n) is 21.4. The predicted octanol–water partition coefficient (Wildman–Crippen LogP) is 4.87. The van der Waals surface area contributed by atoms with Gasteiger partial charge in [0.1, 0.15) is 17.9 Å². The number of aromatic nitrogens is 2. The highest BCUT2D eigenvalue weighted by Crippen LogP contribution is 2.26. The van der Waals surface area contributed by atoms with Gasteiger partial charge in [-0.2, -0.15) is 5.10 Å². The molecule has 0 fully saturated rings. The van der Waals surface area contributed by atoms with Crippen molar-refractivity contribution in [3.8, 4) is 0 Å². The lowest BCUT2D eigenvalue weighted by molar-refractivity contribution is -0.131. The maximum atomic E-state index is 13.8. The minimum absolute atomic E-state index is 0.167. The van der Waals surface area contributed by atoms with Crippen LogP contribution in [0.3, 0.4) is 0 Å². The van der Waals surface area contributed by atoms with Gasteiger partial charge in [0.05, 0.1) is 11.2 Å². The number of carbonyl (C=O) groups excluding carboxylic acids is 3. The van der Waals surface area contributed by atoms with E-state index in [1.54, 1.807) is 29.2 Å². The number of carbonyl (C=O) groups is 3. The van der Waals surface area contributed by atoms with E-state index in [0.717, 1.165) is 0 Å². The van der Waals surface area contributed by atoms with Crippen LogP contribution in [-0.4, -0.2) is 45.4 Å². The number of aromatic amines is 1. The van der Waals surface area contributed by atoms with Crippen molar-refractivity contribution < 1.29 is 18.8 Å². The van der Waals surface area contributed by atoms with E-state index in [1.807, 2.05) is 50.2 Å². The lowest BCUT2D eigenvalue weighted by Crippen LogP contribution is -2.44. The molecule has 3 aromatic carbocycles. The Balaban J connectivity index is 1.55. The number of fused-ring (bicyclic) bond motifs is 1. The molecule has 0 bridgehead atoms. The van der Waals surface area contributed by atoms with Crippen molar-refractivity contribution in [2.75, 3.05) is 16.3 Å². The molecule has 0 radical (unpaired) electrons. The van der Waals surface area contributed by atoms with E-state index in [4.69, 9.17) is 0 Å². The SMILES string of the molecule is CC(C)N(C(=O)CN1C=CN(c2ccccc2)C(=O)C(=Cc2n[nH]c3cc(F)ccc23)C1=O)c1ccccc1. The van der Waals surface area contributed by atoms with Gasteiger partial charge in [-0.3, -0.25) is 24.4 Å². The van der Waals surface area contributed by atoms with Crippen molar-refractivity contribution in [3.05, 3.63) is 108 Å². The van der Waals surface area contributed by atoms with Gasteiger partial charge >= 0.3 is 0 Å². The van der Waals surface area contributed by atoms with Gasteiger partial charge in [0.15, 0.2) is 0 Å². The first kappa shape index (κ1) is 25.6. The molecular weight excluding hydrogens is 497 g/mol. The van der Waals surface area contributed by atoms with Gasteiger partial charge in [0.25, 0.3) is 11.8 Å². The van der Waals surface area contributed by atoms with Crippen LogP contribution in [0.15, 0.2) is 96.8 Å². The van der Waals surface area contributed by atoms with Gasteiger partial charge in [-0.1, -0.05) is 36.4 Å². The number of benzene rings is 3. The first-order valence-electron chi connectivity index (χ1n) is 12.4. The molecule has 0 spiro atoms. The molecule has 0 unspecified atom stereocenters. The summed E-state index contributed by atoms with van der Waals surface area (Å²) in [6, 6.07) is 22.0. The fourth-order valence-corrected chi connectivity index (χ4v) is 4.50. The molecule has 196 valence electrons. The Morgan fingerprint density at radius 3 is 2.36 bits per heavy atom. The zero-order chi connectivity index (χ0) is 27.5. The third kappa shape index (κ3) is 5.19. The molecule has 0 saturated carbocycles. The molecule has 4 aromatic rings. The molecule has 1 aromatic heterocycles. The molecule has 3 amide bonds. The second-order valence-corrected chi connectivity index (χ2v) is 9.29. The van der Waals surface area contributed by atoms with Crippen LogP contribution in [-0.2, 0) is 14.4 Å². The summed E-state index contributed by atoms with van der Waals surface area (Å²) in [7, 11) is 0. The third-order valence-corrected chi connectivity index (χ3v) is 6.33. The van der Waals surface area contributed by atoms with E-state index in [-0.39, 0.29) is 24.1 Å². The Morgan fingerprint density at radius 2 is 1.67 bits per heavy atom. The third-order valence-electron chi connectivity index (χ3n) is 6.33. The summed E-state index contributed by atoms with van der Waals surface area (Å²) in [5, 5.41) is 7.48. The van der Waals surface area contributed by atoms with Crippen molar-refractivity contribution in [1.29, 1.82) is 0 Å². The molecule has 39 heavy (non-hydrogen) atoms. The van der Waals surface area contributed by atoms with Crippen LogP contribution in [0, 0.1) is 5.82 Å². The number of nitrogens with one attached hydrogen (secondary N) is 1. The van der Waals surface area contributed by atoms with Crippen LogP contribution in [0.25, 0.3) is 17.0 Å². The fourth-order valence-electron chi connectivity index (χ4n) is 4.50. The molecule has 9 heteroatoms. The van der Waals surface area contributed by atoms with Gasteiger partial charge in [0.2, 0.25) is 5.91 Å². The maximum absolute atomic E-state index is 13.8. The first-order valence-corrected chi connectivity index (χ1v) is 12.4. The van der Waals surface area contributed by atoms with Crippen LogP contribution in [0.4, 0.5) is 15.8 Å². The Morgan fingerprint density at radius 1 is 0.974 bits per heavy atom. The van der Waals surface area contributed by atoms with E-state index < -0.39 is 17.6 Å². The average Bonchev–Trinajstić information content (AvgIpc) is 3.28. The smallest absolute Gasteiger partial charge is 0.268 e. The summed E-state index contributed by atoms with van der Waals surface area (Å²) >= 11 is 0. The molecule has 2 heterocycles. The second kappa shape index (κ2) is 10.7. The van der Waals surface area contributed by atoms with Crippen molar-refractivity contribution in [3.63, 3.8) is 0 Å². The molecule has 0 atom stereocenters. The molecule has 0 aliphatic carbocycles. The number of H-pyrrole nitrogens is 1. The largest absolute Gasteiger partial charge is 0.308 e. The second-order valence-electron chi connectivity index (χ2n) is 9.29. The normalized spacial score (nSPS) is 14.9. The summed E-state index contributed by atoms with van der Waals surface area (Å²) in [6.45, 7) is 3.49. The van der Waals surface area contributed by atoms with Crippen LogP contribution >= 0.6 is 0 Å². The van der Waals surface area contributed by atoms with E-state index in [2.05, 4.69) is 10.2 Å². The minimum atomic E-state index is -0.655. The monoisotopic (exact) mass is 523 g/mol. The molecule has 1 N–H and O–H groups in total. The summed E-state index contributed by atoms with van der Waals surface area (Å²) in [4.78, 5) is 45.2. The number of halogens is 1. The van der Waals surface area contributed by atoms with Crippen molar-refractivity contribution in [2.45, 2.75) is 19.9 Å². The number of para-hydroxylation sites is 2. The van der Waals surface area contributed by atoms with Crippen LogP contribution < -0.4 is 9.80 Å². The highest BCUT2D eigenvalue weighted by Gasteiger charge is 2.33. The minimum Gasteiger partial charge on any atom is -0.308 e. The van der Waals surface area contributed by atoms with E-state index in [0.29, 0.717) is 28.0 Å².